The van der Waals surface area contributed by atoms with Crippen molar-refractivity contribution in [2.24, 2.45) is 0 Å². The van der Waals surface area contributed by atoms with Crippen molar-refractivity contribution < 1.29 is 4.74 Å². The van der Waals surface area contributed by atoms with Gasteiger partial charge in [0.2, 0.25) is 0 Å². The Labute approximate surface area is 107 Å². The van der Waals surface area contributed by atoms with Gasteiger partial charge in [-0.3, -0.25) is 4.68 Å². The summed E-state index contributed by atoms with van der Waals surface area (Å²) in [5, 5.41) is 7.59. The second-order valence-electron chi connectivity index (χ2n) is 3.97. The van der Waals surface area contributed by atoms with Gasteiger partial charge in [0.1, 0.15) is 18.4 Å². The lowest BCUT2D eigenvalue weighted by atomic mass is 10.1. The molecule has 1 N–H and O–H groups in total. The zero-order valence-corrected chi connectivity index (χ0v) is 10.7. The standard InChI is InChI=1S/C13H18N4O/c1-3-15-12(8-17-10-14-9-16-17)11-6-4-5-7-13(11)18-2/h4-7,9-10,12,15H,3,8H2,1-2H3. The monoisotopic (exact) mass is 246 g/mol. The number of rotatable bonds is 6. The third kappa shape index (κ3) is 2.87. The zero-order valence-electron chi connectivity index (χ0n) is 10.7. The molecule has 5 nitrogen and oxygen atoms in total. The van der Waals surface area contributed by atoms with Gasteiger partial charge in [-0.15, -0.1) is 0 Å². The van der Waals surface area contributed by atoms with Gasteiger partial charge in [0.25, 0.3) is 0 Å². The molecule has 5 heteroatoms. The van der Waals surface area contributed by atoms with Crippen LogP contribution in [0.15, 0.2) is 36.9 Å². The molecular formula is C13H18N4O. The van der Waals surface area contributed by atoms with Crippen LogP contribution in [0, 0.1) is 0 Å². The number of likely N-dealkylation sites (N-methyl/N-ethyl adjacent to an activating group) is 1. The highest BCUT2D eigenvalue weighted by Crippen LogP contribution is 2.25. The van der Waals surface area contributed by atoms with E-state index < -0.39 is 0 Å². The number of ether oxygens (including phenoxy) is 1. The first kappa shape index (κ1) is 12.6. The van der Waals surface area contributed by atoms with E-state index in [0.29, 0.717) is 0 Å². The van der Waals surface area contributed by atoms with E-state index in [9.17, 15) is 0 Å². The molecule has 96 valence electrons. The lowest BCUT2D eigenvalue weighted by molar-refractivity contribution is 0.385. The Bertz CT molecular complexity index is 470. The van der Waals surface area contributed by atoms with E-state index in [2.05, 4.69) is 28.4 Å². The van der Waals surface area contributed by atoms with Crippen LogP contribution in [0.1, 0.15) is 18.5 Å². The summed E-state index contributed by atoms with van der Waals surface area (Å²) in [5.41, 5.74) is 1.14. The zero-order chi connectivity index (χ0) is 12.8. The number of methoxy groups -OCH3 is 1. The molecule has 0 fully saturated rings. The highest BCUT2D eigenvalue weighted by molar-refractivity contribution is 5.35. The molecule has 0 saturated carbocycles. The van der Waals surface area contributed by atoms with Crippen LogP contribution >= 0.6 is 0 Å². The average Bonchev–Trinajstić information content (AvgIpc) is 2.91. The molecule has 2 aromatic rings. The van der Waals surface area contributed by atoms with Crippen molar-refractivity contribution in [3.63, 3.8) is 0 Å². The van der Waals surface area contributed by atoms with E-state index >= 15 is 0 Å². The summed E-state index contributed by atoms with van der Waals surface area (Å²) >= 11 is 0. The highest BCUT2D eigenvalue weighted by Gasteiger charge is 2.15. The molecule has 0 saturated heterocycles. The van der Waals surface area contributed by atoms with E-state index in [1.807, 2.05) is 22.9 Å². The fraction of sp³-hybridized carbons (Fsp3) is 0.385. The number of hydrogen-bond donors (Lipinski definition) is 1. The van der Waals surface area contributed by atoms with E-state index in [0.717, 1.165) is 24.4 Å². The Morgan fingerprint density at radius 2 is 2.22 bits per heavy atom. The van der Waals surface area contributed by atoms with Gasteiger partial charge in [-0.05, 0) is 12.6 Å². The number of para-hydroxylation sites is 1. The molecule has 0 aliphatic carbocycles. The third-order valence-corrected chi connectivity index (χ3v) is 2.80. The van der Waals surface area contributed by atoms with Crippen LogP contribution in [0.5, 0.6) is 5.75 Å². The third-order valence-electron chi connectivity index (χ3n) is 2.80. The minimum Gasteiger partial charge on any atom is -0.496 e. The molecule has 1 atom stereocenters. The smallest absolute Gasteiger partial charge is 0.137 e. The van der Waals surface area contributed by atoms with Gasteiger partial charge in [0.05, 0.1) is 19.7 Å². The first-order valence-corrected chi connectivity index (χ1v) is 6.04. The Hall–Kier alpha value is -1.88. The molecule has 0 aliphatic heterocycles. The van der Waals surface area contributed by atoms with Crippen molar-refractivity contribution in [2.75, 3.05) is 13.7 Å². The van der Waals surface area contributed by atoms with E-state index in [1.165, 1.54) is 0 Å². The Balaban J connectivity index is 2.23. The van der Waals surface area contributed by atoms with Crippen LogP contribution < -0.4 is 10.1 Å². The summed E-state index contributed by atoms with van der Waals surface area (Å²) in [5.74, 6) is 0.892. The van der Waals surface area contributed by atoms with Gasteiger partial charge in [-0.1, -0.05) is 25.1 Å². The molecule has 0 aliphatic rings. The van der Waals surface area contributed by atoms with E-state index in [1.54, 1.807) is 19.8 Å². The molecule has 1 aromatic carbocycles. The Morgan fingerprint density at radius 1 is 1.39 bits per heavy atom. The maximum absolute atomic E-state index is 5.41. The number of nitrogens with zero attached hydrogens (tertiary/aromatic N) is 3. The first-order valence-electron chi connectivity index (χ1n) is 6.04. The molecular weight excluding hydrogens is 228 g/mol. The van der Waals surface area contributed by atoms with Gasteiger partial charge in [-0.2, -0.15) is 5.10 Å². The highest BCUT2D eigenvalue weighted by atomic mass is 16.5. The number of nitrogens with one attached hydrogen (secondary N) is 1. The maximum Gasteiger partial charge on any atom is 0.137 e. The number of benzene rings is 1. The van der Waals surface area contributed by atoms with Crippen LogP contribution in [0.25, 0.3) is 0 Å². The summed E-state index contributed by atoms with van der Waals surface area (Å²) in [6.07, 6.45) is 3.27. The Kier molecular flexibility index (Phi) is 4.30. The average molecular weight is 246 g/mol. The Morgan fingerprint density at radius 3 is 2.89 bits per heavy atom. The number of aromatic nitrogens is 3. The van der Waals surface area contributed by atoms with Crippen LogP contribution in [0.4, 0.5) is 0 Å². The summed E-state index contributed by atoms with van der Waals surface area (Å²) in [6, 6.07) is 8.20. The second kappa shape index (κ2) is 6.16. The van der Waals surface area contributed by atoms with E-state index in [-0.39, 0.29) is 6.04 Å². The molecule has 18 heavy (non-hydrogen) atoms. The lowest BCUT2D eigenvalue weighted by Gasteiger charge is -2.20. The molecule has 0 spiro atoms. The molecule has 1 aromatic heterocycles. The first-order chi connectivity index (χ1) is 8.85. The van der Waals surface area contributed by atoms with Crippen LogP contribution in [-0.2, 0) is 6.54 Å². The largest absolute Gasteiger partial charge is 0.496 e. The molecule has 0 bridgehead atoms. The van der Waals surface area contributed by atoms with Crippen LogP contribution in [0.3, 0.4) is 0 Å². The maximum atomic E-state index is 5.41. The predicted octanol–water partition coefficient (Wildman–Crippen LogP) is 1.64. The topological polar surface area (TPSA) is 52.0 Å². The molecule has 2 rings (SSSR count). The quantitative estimate of drug-likeness (QED) is 0.842. The van der Waals surface area contributed by atoms with Crippen molar-refractivity contribution in [3.05, 3.63) is 42.5 Å². The van der Waals surface area contributed by atoms with E-state index in [4.69, 9.17) is 4.74 Å². The van der Waals surface area contributed by atoms with Crippen molar-refractivity contribution in [2.45, 2.75) is 19.5 Å². The second-order valence-corrected chi connectivity index (χ2v) is 3.97. The van der Waals surface area contributed by atoms with Gasteiger partial charge in [0, 0.05) is 5.56 Å². The minimum absolute atomic E-state index is 0.160. The van der Waals surface area contributed by atoms with Crippen molar-refractivity contribution >= 4 is 0 Å². The van der Waals surface area contributed by atoms with Gasteiger partial charge in [0.15, 0.2) is 0 Å². The summed E-state index contributed by atoms with van der Waals surface area (Å²) in [4.78, 5) is 3.96. The van der Waals surface area contributed by atoms with Gasteiger partial charge < -0.3 is 10.1 Å². The lowest BCUT2D eigenvalue weighted by Crippen LogP contribution is -2.26. The fourth-order valence-electron chi connectivity index (χ4n) is 1.99. The summed E-state index contributed by atoms with van der Waals surface area (Å²) in [6.45, 7) is 3.70. The normalized spacial score (nSPS) is 12.3. The number of hydrogen-bond acceptors (Lipinski definition) is 4. The summed E-state index contributed by atoms with van der Waals surface area (Å²) < 4.78 is 7.23. The molecule has 0 amide bonds. The molecule has 1 unspecified atom stereocenters. The molecule has 0 radical (unpaired) electrons. The van der Waals surface area contributed by atoms with Gasteiger partial charge >= 0.3 is 0 Å². The predicted molar refractivity (Wildman–Crippen MR) is 69.4 cm³/mol. The van der Waals surface area contributed by atoms with Crippen molar-refractivity contribution in [1.29, 1.82) is 0 Å². The SMILES string of the molecule is CCNC(Cn1cncn1)c1ccccc1OC. The van der Waals surface area contributed by atoms with Crippen molar-refractivity contribution in [1.82, 2.24) is 20.1 Å². The molecule has 1 heterocycles. The van der Waals surface area contributed by atoms with Crippen molar-refractivity contribution in [3.8, 4) is 5.75 Å². The van der Waals surface area contributed by atoms with Crippen LogP contribution in [-0.4, -0.2) is 28.4 Å². The fourth-order valence-corrected chi connectivity index (χ4v) is 1.99. The summed E-state index contributed by atoms with van der Waals surface area (Å²) in [7, 11) is 1.69. The van der Waals surface area contributed by atoms with Gasteiger partial charge in [-0.25, -0.2) is 4.98 Å². The minimum atomic E-state index is 0.160. The van der Waals surface area contributed by atoms with Crippen LogP contribution in [0.2, 0.25) is 0 Å².